The van der Waals surface area contributed by atoms with Gasteiger partial charge in [0.05, 0.1) is 26.4 Å². The molecule has 26 N–H and O–H groups in total. The van der Waals surface area contributed by atoms with Gasteiger partial charge < -0.3 is 170 Å². The number of carboxylic acid groups (broad SMARTS) is 4. The monoisotopic (exact) mass is 1900 g/mol. The molecule has 8 rings (SSSR count). The fraction of sp³-hybridized carbons (Fsp3) is 0.857. The summed E-state index contributed by atoms with van der Waals surface area (Å²) in [5.74, 6) is -13.5. The van der Waals surface area contributed by atoms with Gasteiger partial charge in [-0.3, -0.25) is 37.4 Å². The van der Waals surface area contributed by atoms with Crippen LogP contribution in [0.4, 0.5) is 0 Å². The Hall–Kier alpha value is -6.04. The first-order chi connectivity index (χ1) is 57.5. The van der Waals surface area contributed by atoms with Gasteiger partial charge in [0.1, 0.15) is 146 Å². The lowest BCUT2D eigenvalue weighted by Gasteiger charge is -2.49. The zero-order valence-corrected chi connectivity index (χ0v) is 66.2. The van der Waals surface area contributed by atoms with Crippen LogP contribution in [-0.2, 0) is 183 Å². The van der Waals surface area contributed by atoms with E-state index in [1.54, 1.807) is 0 Å². The number of aliphatic carboxylic acids is 4. The highest BCUT2D eigenvalue weighted by molar-refractivity contribution is 7.81. The lowest BCUT2D eigenvalue weighted by atomic mass is 9.95. The minimum atomic E-state index is -5.94. The Labute approximate surface area is 692 Å². The summed E-state index contributed by atoms with van der Waals surface area (Å²) in [6.07, 6.45) is -93.6. The van der Waals surface area contributed by atoms with E-state index in [4.69, 9.17) is 90.4 Å². The number of nitrogens with one attached hydrogen (secondary N) is 4. The van der Waals surface area contributed by atoms with Crippen molar-refractivity contribution in [1.82, 2.24) is 21.3 Å². The van der Waals surface area contributed by atoms with E-state index < -0.39 is 361 Å². The molecular weight excluding hydrogens is 1820 g/mol. The quantitative estimate of drug-likeness (QED) is 0.0156. The number of amides is 4. The Balaban J connectivity index is 1.05. The van der Waals surface area contributed by atoms with Gasteiger partial charge in [0.15, 0.2) is 80.3 Å². The van der Waals surface area contributed by atoms with Crippen molar-refractivity contribution in [3.05, 3.63) is 0 Å². The number of carbonyl (C=O) groups is 8. The van der Waals surface area contributed by atoms with Crippen LogP contribution in [0, 0.1) is 0 Å². The molecule has 68 heteroatoms. The van der Waals surface area contributed by atoms with Crippen LogP contribution in [0.2, 0.25) is 0 Å². The molecule has 0 aromatic rings. The number of rotatable bonds is 37. The van der Waals surface area contributed by atoms with Crippen molar-refractivity contribution >= 4 is 89.1 Å². The molecule has 40 atom stereocenters. The average molecular weight is 1900 g/mol. The summed E-state index contributed by atoms with van der Waals surface area (Å²) in [6.45, 7) is -2.82. The van der Waals surface area contributed by atoms with Crippen LogP contribution >= 0.6 is 0 Å². The van der Waals surface area contributed by atoms with Crippen molar-refractivity contribution in [2.45, 2.75) is 273 Å². The summed E-state index contributed by atoms with van der Waals surface area (Å²) in [6, 6.07) is -9.05. The largest absolute Gasteiger partial charge is 0.479 e. The van der Waals surface area contributed by atoms with Gasteiger partial charge in [-0.15, -0.1) is 0 Å². The second kappa shape index (κ2) is 42.7. The van der Waals surface area contributed by atoms with E-state index in [0.29, 0.717) is 13.8 Å². The van der Waals surface area contributed by atoms with Crippen LogP contribution in [0.5, 0.6) is 0 Å². The topological polar surface area (TPSA) is 969 Å². The maximum Gasteiger partial charge on any atom is 0.397 e. The molecule has 4 amide bonds. The zero-order chi connectivity index (χ0) is 92.9. The van der Waals surface area contributed by atoms with Crippen LogP contribution < -0.4 is 21.3 Å². The summed E-state index contributed by atoms with van der Waals surface area (Å²) in [5, 5.41) is 205. The maximum atomic E-state index is 13.2. The van der Waals surface area contributed by atoms with E-state index in [2.05, 4.69) is 23.2 Å². The molecule has 124 heavy (non-hydrogen) atoms. The molecule has 0 aliphatic carbocycles. The summed E-state index contributed by atoms with van der Waals surface area (Å²) in [5.41, 5.74) is 0. The van der Waals surface area contributed by atoms with Crippen LogP contribution in [0.1, 0.15) is 27.7 Å². The van der Waals surface area contributed by atoms with Gasteiger partial charge in [-0.25, -0.2) is 65.2 Å². The third-order valence-electron chi connectivity index (χ3n) is 18.9. The van der Waals surface area contributed by atoms with Crippen LogP contribution in [0.3, 0.4) is 0 Å². The lowest BCUT2D eigenvalue weighted by molar-refractivity contribution is -0.466. The Kier molecular flexibility index (Phi) is 35.6. The van der Waals surface area contributed by atoms with Crippen LogP contribution in [-0.4, -0.2) is 463 Å². The van der Waals surface area contributed by atoms with E-state index >= 15 is 0 Å². The molecule has 0 radical (unpaired) electrons. The van der Waals surface area contributed by atoms with Crippen molar-refractivity contribution < 1.29 is 285 Å². The van der Waals surface area contributed by atoms with Crippen molar-refractivity contribution in [1.29, 1.82) is 0 Å². The van der Waals surface area contributed by atoms with Gasteiger partial charge in [-0.2, -0.15) is 33.7 Å². The number of hydrogen-bond acceptors (Lipinski definition) is 52. The molecule has 64 nitrogen and oxygen atoms in total. The van der Waals surface area contributed by atoms with E-state index in [0.717, 1.165) is 13.8 Å². The van der Waals surface area contributed by atoms with Gasteiger partial charge in [0.2, 0.25) is 42.5 Å². The smallest absolute Gasteiger partial charge is 0.397 e. The SMILES string of the molecule is CC(=O)N[C@@H]1[C@@H](O[C@@H]2O[C@H](C(=O)O)[C@@H](OO[C@H]3O[C@H](COS(=O)(=O)O)[C@H](O)[C@H](O[C@@H]4O[C@H](C(=O)O)[C@@H](OO[C@H]5O[C@H](CO)[C@H](OS(=O)(=O)O)[C@H](O[C@@H]6O[C@H](C(=O)O)[C@@H](OO[C@H]7O[C@H](COS(=O)(=O)O)[C@H](O)[C@H](O[C@@H]8O[C@H](C(=O)O)[C@@H](O)[C@H](O)[C@H]8O)[C@H]7NC(C)=O)[C@H](O)[C@H]6O)[C@H]5NC(C)=O)[C@H](O)[C@H]4O)[C@H]3NC(C)=O)[C@H](O)[C@H]2OS(=O)(=O)O)[C@@H](O)[C@@H](CO)O[C@@H]1O. The minimum Gasteiger partial charge on any atom is -0.479 e. The molecule has 0 bridgehead atoms. The van der Waals surface area contributed by atoms with E-state index in [1.165, 1.54) is 0 Å². The second-order valence-corrected chi connectivity index (χ2v) is 32.0. The Morgan fingerprint density at radius 3 is 0.935 bits per heavy atom. The van der Waals surface area contributed by atoms with Gasteiger partial charge in [0, 0.05) is 27.7 Å². The van der Waals surface area contributed by atoms with E-state index in [1.807, 2.05) is 10.6 Å². The first-order valence-corrected chi connectivity index (χ1v) is 40.7. The normalized spacial score (nSPS) is 42.0. The summed E-state index contributed by atoms with van der Waals surface area (Å²) in [7, 11) is -23.0. The predicted octanol–water partition coefficient (Wildman–Crippen LogP) is -18.4. The van der Waals surface area contributed by atoms with Crippen LogP contribution in [0.25, 0.3) is 0 Å². The lowest BCUT2D eigenvalue weighted by Crippen LogP contribution is -2.70. The van der Waals surface area contributed by atoms with Crippen molar-refractivity contribution in [2.75, 3.05) is 26.4 Å². The Morgan fingerprint density at radius 2 is 0.581 bits per heavy atom. The van der Waals surface area contributed by atoms with E-state index in [9.17, 15) is 182 Å². The molecule has 8 fully saturated rings. The predicted molar refractivity (Wildman–Crippen MR) is 358 cm³/mol. The first-order valence-electron chi connectivity index (χ1n) is 35.2. The van der Waals surface area contributed by atoms with Crippen molar-refractivity contribution in [2.24, 2.45) is 0 Å². The van der Waals surface area contributed by atoms with Gasteiger partial charge in [-0.1, -0.05) is 0 Å². The zero-order valence-electron chi connectivity index (χ0n) is 62.9. The number of aliphatic hydroxyl groups is 14. The molecule has 714 valence electrons. The molecule has 8 heterocycles. The highest BCUT2D eigenvalue weighted by Crippen LogP contribution is 2.40. The number of ether oxygens (including phenoxy) is 12. The molecule has 0 aromatic carbocycles. The number of carbonyl (C=O) groups excluding carboxylic acids is 4. The summed E-state index contributed by atoms with van der Waals surface area (Å²) in [4.78, 5) is 134. The average Bonchev–Trinajstić information content (AvgIpc) is 0.769. The Bertz CT molecular complexity index is 4160. The molecule has 8 aliphatic heterocycles. The third kappa shape index (κ3) is 26.0. The molecule has 0 saturated carbocycles. The molecule has 0 unspecified atom stereocenters. The molecule has 0 aromatic heterocycles. The standard InChI is InChI=1S/C56H86N4O60S4/c1-9(63)57-17-33(21(67)13(5-61)101-49(17)86)107-56-41(120-124(96,97)98)31(77)39(44(112-56)48(84)85)115-117-51-19(59-11(3)65)35(23(69)16(104-51)8-100-122(90,91)92)106-54-29(75)26(72)37(42(110-54)46(80)81)114-118-52-20(60-12(4)66)36(32(14(6-62)102-52)119-123(93,94)95)108-55-30(76)27(73)38(43(111-55)47(82)83)113-116-50-18(58-10(2)64)34(22(68)15(103-50)7-99-121(87,88)89)105-53-28(74)24(70)25(71)40(109-53)45(78)79/h13-44,49-56,61-62,67-77,86H,5-8H2,1-4H3,(H,57,63)(H,58,64)(H,59,65)(H,60,66)(H,78,79)(H,80,81)(H,82,83)(H,84,85)(H,87,88,89)(H,90,91,92)(H,93,94,95)(H,96,97,98)/t13-,14-,15-,16-,17-,18-,19-,20-,21+,22+,23+,24+,25+,26-,27-,28-,29-,30-,31+,32+,33-,34-,35-,36-,37+,38+,39+,40+,41-,42+,43+,44+,49+,50-,51-,52-,53-,54-,55-,56-/m1/s1. The summed E-state index contributed by atoms with van der Waals surface area (Å²) >= 11 is 0. The van der Waals surface area contributed by atoms with E-state index in [-0.39, 0.29) is 0 Å². The summed E-state index contributed by atoms with van der Waals surface area (Å²) < 4.78 is 219. The maximum absolute atomic E-state index is 13.2. The van der Waals surface area contributed by atoms with Gasteiger partial charge in [0.25, 0.3) is 0 Å². The van der Waals surface area contributed by atoms with Gasteiger partial charge >= 0.3 is 65.5 Å². The minimum absolute atomic E-state index is 0.662. The number of hydrogen-bond donors (Lipinski definition) is 26. The first kappa shape index (κ1) is 103. The third-order valence-corrected chi connectivity index (χ3v) is 20.7. The highest BCUT2D eigenvalue weighted by atomic mass is 32.3. The molecule has 8 aliphatic rings. The highest BCUT2D eigenvalue weighted by Gasteiger charge is 2.63. The van der Waals surface area contributed by atoms with Crippen molar-refractivity contribution in [3.8, 4) is 0 Å². The fourth-order valence-corrected chi connectivity index (χ4v) is 15.0. The second-order valence-electron chi connectivity index (χ2n) is 27.7. The number of aliphatic hydroxyl groups excluding tert-OH is 14. The Morgan fingerprint density at radius 1 is 0.282 bits per heavy atom. The van der Waals surface area contributed by atoms with Gasteiger partial charge in [-0.05, 0) is 0 Å². The molecule has 0 spiro atoms. The number of carboxylic acids is 4. The fourth-order valence-electron chi connectivity index (χ4n) is 13.4. The van der Waals surface area contributed by atoms with Crippen LogP contribution in [0.15, 0.2) is 0 Å². The molecular formula is C56H86N4O60S4. The molecule has 8 saturated heterocycles. The van der Waals surface area contributed by atoms with Crippen molar-refractivity contribution in [3.63, 3.8) is 0 Å².